The quantitative estimate of drug-likeness (QED) is 0.582. The highest BCUT2D eigenvalue weighted by Gasteiger charge is 2.41. The first-order valence-electron chi connectivity index (χ1n) is 9.26. The molecule has 0 saturated carbocycles. The van der Waals surface area contributed by atoms with Gasteiger partial charge in [-0.2, -0.15) is 0 Å². The number of likely N-dealkylation sites (tertiary alicyclic amines) is 1. The predicted octanol–water partition coefficient (Wildman–Crippen LogP) is 3.08. The lowest BCUT2D eigenvalue weighted by Crippen LogP contribution is -2.38. The Labute approximate surface area is 154 Å². The first-order chi connectivity index (χ1) is 12.6. The van der Waals surface area contributed by atoms with Crippen LogP contribution in [-0.2, 0) is 9.59 Å². The van der Waals surface area contributed by atoms with Gasteiger partial charge in [-0.3, -0.25) is 14.5 Å². The van der Waals surface area contributed by atoms with Crippen LogP contribution in [0.15, 0.2) is 42.6 Å². The van der Waals surface area contributed by atoms with Gasteiger partial charge < -0.3 is 9.64 Å². The highest BCUT2D eigenvalue weighted by atomic mass is 16.5. The molecule has 1 aromatic rings. The van der Waals surface area contributed by atoms with Gasteiger partial charge in [0.2, 0.25) is 0 Å². The molecule has 3 rings (SSSR count). The molecule has 5 nitrogen and oxygen atoms in total. The minimum Gasteiger partial charge on any atom is -0.494 e. The van der Waals surface area contributed by atoms with Crippen LogP contribution >= 0.6 is 0 Å². The van der Waals surface area contributed by atoms with Gasteiger partial charge in [0.25, 0.3) is 11.8 Å². The maximum Gasteiger partial charge on any atom is 0.278 e. The van der Waals surface area contributed by atoms with Gasteiger partial charge in [-0.15, -0.1) is 6.58 Å². The number of hydrogen-bond donors (Lipinski definition) is 0. The van der Waals surface area contributed by atoms with E-state index in [0.717, 1.165) is 37.2 Å². The lowest BCUT2D eigenvalue weighted by atomic mass is 9.97. The first kappa shape index (κ1) is 18.2. The summed E-state index contributed by atoms with van der Waals surface area (Å²) in [5.41, 5.74) is 1.79. The minimum atomic E-state index is -0.243. The van der Waals surface area contributed by atoms with Crippen LogP contribution in [0.3, 0.4) is 0 Å². The third-order valence-corrected chi connectivity index (χ3v) is 5.01. The Morgan fingerprint density at radius 2 is 1.81 bits per heavy atom. The molecule has 138 valence electrons. The molecule has 1 aromatic carbocycles. The molecule has 5 heteroatoms. The van der Waals surface area contributed by atoms with Gasteiger partial charge in [-0.05, 0) is 43.4 Å². The zero-order chi connectivity index (χ0) is 18.7. The number of nitrogens with zero attached hydrogens (tertiary/aromatic N) is 2. The Balaban J connectivity index is 2.00. The van der Waals surface area contributed by atoms with E-state index < -0.39 is 0 Å². The van der Waals surface area contributed by atoms with Crippen molar-refractivity contribution in [1.82, 2.24) is 9.80 Å². The Morgan fingerprint density at radius 3 is 2.38 bits per heavy atom. The third kappa shape index (κ3) is 3.39. The third-order valence-electron chi connectivity index (χ3n) is 5.01. The molecule has 1 fully saturated rings. The highest BCUT2D eigenvalue weighted by molar-refractivity contribution is 6.35. The number of carbonyl (C=O) groups excluding carboxylic acids is 2. The van der Waals surface area contributed by atoms with E-state index in [-0.39, 0.29) is 18.4 Å². The number of carbonyl (C=O) groups is 2. The van der Waals surface area contributed by atoms with Crippen molar-refractivity contribution < 1.29 is 14.3 Å². The summed E-state index contributed by atoms with van der Waals surface area (Å²) in [5.74, 6) is 0.947. The predicted molar refractivity (Wildman–Crippen MR) is 101 cm³/mol. The van der Waals surface area contributed by atoms with Crippen LogP contribution in [0.25, 0.3) is 5.57 Å². The summed E-state index contributed by atoms with van der Waals surface area (Å²) in [5, 5.41) is 0. The van der Waals surface area contributed by atoms with E-state index in [1.54, 1.807) is 6.08 Å². The number of hydrogen-bond acceptors (Lipinski definition) is 4. The Hall–Kier alpha value is -2.56. The Bertz CT molecular complexity index is 728. The van der Waals surface area contributed by atoms with E-state index in [4.69, 9.17) is 4.74 Å². The molecule has 2 amide bonds. The fraction of sp³-hybridized carbons (Fsp3) is 0.429. The Kier molecular flexibility index (Phi) is 5.45. The van der Waals surface area contributed by atoms with E-state index in [2.05, 4.69) is 18.4 Å². The Morgan fingerprint density at radius 1 is 1.15 bits per heavy atom. The molecule has 0 radical (unpaired) electrons. The van der Waals surface area contributed by atoms with Crippen molar-refractivity contribution in [3.63, 3.8) is 0 Å². The van der Waals surface area contributed by atoms with Crippen molar-refractivity contribution >= 4 is 17.4 Å². The SMILES string of the molecule is C=CCN1C(=O)C(c2ccc(OCC)cc2)=C(N2CCC(C)CC2)C1=O. The number of piperidine rings is 1. The normalized spacial score (nSPS) is 18.7. The number of ether oxygens (including phenoxy) is 1. The van der Waals surface area contributed by atoms with E-state index in [1.807, 2.05) is 31.2 Å². The molecular formula is C21H26N2O3. The second-order valence-corrected chi connectivity index (χ2v) is 6.86. The minimum absolute atomic E-state index is 0.215. The van der Waals surface area contributed by atoms with Gasteiger partial charge in [0.15, 0.2) is 0 Å². The summed E-state index contributed by atoms with van der Waals surface area (Å²) >= 11 is 0. The summed E-state index contributed by atoms with van der Waals surface area (Å²) in [6.07, 6.45) is 3.65. The second kappa shape index (κ2) is 7.77. The molecule has 0 spiro atoms. The largest absolute Gasteiger partial charge is 0.494 e. The summed E-state index contributed by atoms with van der Waals surface area (Å²) < 4.78 is 5.48. The van der Waals surface area contributed by atoms with Gasteiger partial charge in [0, 0.05) is 19.6 Å². The summed E-state index contributed by atoms with van der Waals surface area (Å²) in [6, 6.07) is 7.40. The average molecular weight is 354 g/mol. The van der Waals surface area contributed by atoms with Crippen LogP contribution in [0.1, 0.15) is 32.3 Å². The highest BCUT2D eigenvalue weighted by Crippen LogP contribution is 2.34. The standard InChI is InChI=1S/C21H26N2O3/c1-4-12-23-20(24)18(16-6-8-17(9-7-16)26-5-2)19(21(23)25)22-13-10-15(3)11-14-22/h4,6-9,15H,1,5,10-14H2,2-3H3. The van der Waals surface area contributed by atoms with E-state index >= 15 is 0 Å². The van der Waals surface area contributed by atoms with Crippen molar-refractivity contribution in [3.8, 4) is 5.75 Å². The molecule has 0 aliphatic carbocycles. The van der Waals surface area contributed by atoms with Crippen molar-refractivity contribution in [2.45, 2.75) is 26.7 Å². The molecular weight excluding hydrogens is 328 g/mol. The molecule has 0 unspecified atom stereocenters. The number of amides is 2. The fourth-order valence-corrected chi connectivity index (χ4v) is 3.53. The van der Waals surface area contributed by atoms with E-state index in [9.17, 15) is 9.59 Å². The van der Waals surface area contributed by atoms with Gasteiger partial charge in [0.1, 0.15) is 11.4 Å². The van der Waals surface area contributed by atoms with Crippen LogP contribution in [0.2, 0.25) is 0 Å². The van der Waals surface area contributed by atoms with Crippen molar-refractivity contribution in [2.75, 3.05) is 26.2 Å². The van der Waals surface area contributed by atoms with Crippen LogP contribution in [0, 0.1) is 5.92 Å². The van der Waals surface area contributed by atoms with Crippen LogP contribution in [0.5, 0.6) is 5.75 Å². The summed E-state index contributed by atoms with van der Waals surface area (Å²) in [6.45, 7) is 10.3. The molecule has 0 bridgehead atoms. The first-order valence-corrected chi connectivity index (χ1v) is 9.26. The van der Waals surface area contributed by atoms with Crippen LogP contribution in [0.4, 0.5) is 0 Å². The van der Waals surface area contributed by atoms with Crippen LogP contribution in [-0.4, -0.2) is 47.9 Å². The fourth-order valence-electron chi connectivity index (χ4n) is 3.53. The number of benzene rings is 1. The zero-order valence-corrected chi connectivity index (χ0v) is 15.5. The molecule has 26 heavy (non-hydrogen) atoms. The molecule has 2 aliphatic rings. The van der Waals surface area contributed by atoms with Crippen LogP contribution < -0.4 is 4.74 Å². The average Bonchev–Trinajstić information content (AvgIpc) is 2.88. The number of imide groups is 1. The molecule has 0 atom stereocenters. The molecule has 0 aromatic heterocycles. The summed E-state index contributed by atoms with van der Waals surface area (Å²) in [4.78, 5) is 29.3. The summed E-state index contributed by atoms with van der Waals surface area (Å²) in [7, 11) is 0. The van der Waals surface area contributed by atoms with Gasteiger partial charge in [-0.25, -0.2) is 0 Å². The molecule has 1 saturated heterocycles. The molecule has 0 N–H and O–H groups in total. The lowest BCUT2D eigenvalue weighted by molar-refractivity contribution is -0.137. The van der Waals surface area contributed by atoms with Gasteiger partial charge >= 0.3 is 0 Å². The second-order valence-electron chi connectivity index (χ2n) is 6.86. The topological polar surface area (TPSA) is 49.9 Å². The lowest BCUT2D eigenvalue weighted by Gasteiger charge is -2.32. The molecule has 2 aliphatic heterocycles. The molecule has 2 heterocycles. The zero-order valence-electron chi connectivity index (χ0n) is 15.5. The monoisotopic (exact) mass is 354 g/mol. The maximum atomic E-state index is 13.0. The van der Waals surface area contributed by atoms with E-state index in [0.29, 0.717) is 23.8 Å². The number of rotatable bonds is 6. The van der Waals surface area contributed by atoms with Gasteiger partial charge in [0.05, 0.1) is 12.2 Å². The van der Waals surface area contributed by atoms with Crippen molar-refractivity contribution in [3.05, 3.63) is 48.2 Å². The van der Waals surface area contributed by atoms with E-state index in [1.165, 1.54) is 4.90 Å². The van der Waals surface area contributed by atoms with Crippen molar-refractivity contribution in [1.29, 1.82) is 0 Å². The van der Waals surface area contributed by atoms with Crippen molar-refractivity contribution in [2.24, 2.45) is 5.92 Å². The van der Waals surface area contributed by atoms with Gasteiger partial charge in [-0.1, -0.05) is 25.1 Å². The smallest absolute Gasteiger partial charge is 0.278 e. The maximum absolute atomic E-state index is 13.0.